The van der Waals surface area contributed by atoms with E-state index in [-0.39, 0.29) is 13.1 Å². The molecular weight excluding hydrogens is 242 g/mol. The van der Waals surface area contributed by atoms with E-state index in [1.54, 1.807) is 6.92 Å². The van der Waals surface area contributed by atoms with Gasteiger partial charge in [-0.15, -0.1) is 0 Å². The molecule has 97 valence electrons. The van der Waals surface area contributed by atoms with Crippen molar-refractivity contribution in [3.8, 4) is 0 Å². The third kappa shape index (κ3) is 2.90. The fraction of sp³-hybridized carbons (Fsp3) is 0.500. The van der Waals surface area contributed by atoms with Crippen LogP contribution in [0.2, 0.25) is 0 Å². The Morgan fingerprint density at radius 1 is 1.28 bits per heavy atom. The number of nitrogens with zero attached hydrogens (tertiary/aromatic N) is 2. The summed E-state index contributed by atoms with van der Waals surface area (Å²) in [7, 11) is 0. The number of hydrogen-bond donors (Lipinski definition) is 1. The quantitative estimate of drug-likeness (QED) is 0.588. The maximum absolute atomic E-state index is 11.6. The molecule has 0 saturated carbocycles. The minimum absolute atomic E-state index is 0.0588. The first-order chi connectivity index (χ1) is 8.51. The van der Waals surface area contributed by atoms with Gasteiger partial charge in [-0.25, -0.2) is 4.79 Å². The van der Waals surface area contributed by atoms with Gasteiger partial charge < -0.3 is 10.2 Å². The van der Waals surface area contributed by atoms with Gasteiger partial charge in [0.25, 0.3) is 6.29 Å². The molecule has 0 aromatic heterocycles. The largest absolute Gasteiger partial charge is 0.333 e. The van der Waals surface area contributed by atoms with Gasteiger partial charge in [-0.05, 0) is 6.92 Å². The summed E-state index contributed by atoms with van der Waals surface area (Å²) >= 11 is 0. The predicted molar refractivity (Wildman–Crippen MR) is 58.1 cm³/mol. The van der Waals surface area contributed by atoms with Crippen LogP contribution in [0.25, 0.3) is 0 Å². The lowest BCUT2D eigenvalue weighted by Crippen LogP contribution is -2.58. The van der Waals surface area contributed by atoms with Crippen molar-refractivity contribution >= 4 is 29.9 Å². The lowest BCUT2D eigenvalue weighted by atomic mass is 10.3. The van der Waals surface area contributed by atoms with Crippen molar-refractivity contribution in [3.05, 3.63) is 0 Å². The minimum atomic E-state index is -0.942. The Balaban J connectivity index is 2.60. The molecule has 0 bridgehead atoms. The summed E-state index contributed by atoms with van der Waals surface area (Å²) in [6.07, 6.45) is 1.08. The molecule has 1 N–H and O–H groups in total. The molecule has 0 aliphatic carbocycles. The van der Waals surface area contributed by atoms with Crippen LogP contribution in [0.15, 0.2) is 0 Å². The molecule has 1 aliphatic rings. The van der Waals surface area contributed by atoms with E-state index < -0.39 is 30.2 Å². The molecule has 1 aliphatic heterocycles. The van der Waals surface area contributed by atoms with Gasteiger partial charge in [0.15, 0.2) is 0 Å². The molecule has 1 fully saturated rings. The molecule has 8 heteroatoms. The van der Waals surface area contributed by atoms with E-state index in [1.165, 1.54) is 4.90 Å². The van der Waals surface area contributed by atoms with E-state index in [2.05, 4.69) is 5.32 Å². The van der Waals surface area contributed by atoms with E-state index in [1.807, 2.05) is 0 Å². The Hall–Kier alpha value is -2.25. The molecule has 1 heterocycles. The summed E-state index contributed by atoms with van der Waals surface area (Å²) in [6.45, 7) is 1.88. The van der Waals surface area contributed by atoms with Gasteiger partial charge in [0.1, 0.15) is 0 Å². The topological polar surface area (TPSA) is 104 Å². The highest BCUT2D eigenvalue weighted by atomic mass is 16.2. The van der Waals surface area contributed by atoms with Gasteiger partial charge in [0.05, 0.1) is 6.54 Å². The molecule has 0 atom stereocenters. The van der Waals surface area contributed by atoms with Crippen molar-refractivity contribution in [2.45, 2.75) is 6.92 Å². The van der Waals surface area contributed by atoms with Crippen LogP contribution >= 0.6 is 0 Å². The van der Waals surface area contributed by atoms with Crippen LogP contribution in [-0.2, 0) is 19.2 Å². The number of amides is 4. The number of nitrogens with one attached hydrogen (secondary N) is 1. The Bertz CT molecular complexity index is 406. The lowest BCUT2D eigenvalue weighted by Gasteiger charge is -2.31. The first-order valence-electron chi connectivity index (χ1n) is 5.30. The van der Waals surface area contributed by atoms with Crippen LogP contribution in [0.5, 0.6) is 0 Å². The fourth-order valence-electron chi connectivity index (χ4n) is 1.46. The number of imide groups is 1. The van der Waals surface area contributed by atoms with Crippen molar-refractivity contribution in [1.29, 1.82) is 0 Å². The summed E-state index contributed by atoms with van der Waals surface area (Å²) in [5.41, 5.74) is 0. The molecule has 8 nitrogen and oxygen atoms in total. The lowest BCUT2D eigenvalue weighted by molar-refractivity contribution is -0.153. The summed E-state index contributed by atoms with van der Waals surface area (Å²) in [5, 5.41) is 2.07. The zero-order chi connectivity index (χ0) is 13.7. The Morgan fingerprint density at radius 3 is 2.50 bits per heavy atom. The fourth-order valence-corrected chi connectivity index (χ4v) is 1.46. The minimum Gasteiger partial charge on any atom is -0.333 e. The van der Waals surface area contributed by atoms with Crippen LogP contribution in [0, 0.1) is 0 Å². The van der Waals surface area contributed by atoms with Crippen molar-refractivity contribution in [2.75, 3.05) is 26.2 Å². The number of urea groups is 1. The first-order valence-corrected chi connectivity index (χ1v) is 5.30. The van der Waals surface area contributed by atoms with Gasteiger partial charge in [-0.2, -0.15) is 0 Å². The Labute approximate surface area is 103 Å². The first kappa shape index (κ1) is 13.8. The Kier molecular flexibility index (Phi) is 4.52. The highest BCUT2D eigenvalue weighted by molar-refractivity contribution is 6.38. The maximum Gasteiger partial charge on any atom is 0.324 e. The van der Waals surface area contributed by atoms with Gasteiger partial charge in [-0.3, -0.25) is 24.1 Å². The standard InChI is InChI=1S/C10H12N3O5/c1-2-12-3-4-13(9(17)8(12)16)10(18)11-5-7(15)6-14/h2-5H2,1H3,(H,11,18). The van der Waals surface area contributed by atoms with Crippen LogP contribution in [-0.4, -0.2) is 65.9 Å². The highest BCUT2D eigenvalue weighted by Crippen LogP contribution is 2.04. The zero-order valence-corrected chi connectivity index (χ0v) is 9.76. The number of hydrogen-bond acceptors (Lipinski definition) is 5. The summed E-state index contributed by atoms with van der Waals surface area (Å²) in [5.74, 6) is -2.63. The average molecular weight is 254 g/mol. The number of piperazine rings is 1. The van der Waals surface area contributed by atoms with E-state index in [4.69, 9.17) is 0 Å². The predicted octanol–water partition coefficient (Wildman–Crippen LogP) is -1.93. The van der Waals surface area contributed by atoms with Gasteiger partial charge in [0.2, 0.25) is 5.78 Å². The third-order valence-electron chi connectivity index (χ3n) is 2.45. The number of Topliss-reactive ketones (excluding diaryl/α,β-unsaturated/α-hetero) is 1. The van der Waals surface area contributed by atoms with E-state index in [0.29, 0.717) is 11.4 Å². The van der Waals surface area contributed by atoms with Gasteiger partial charge >= 0.3 is 17.8 Å². The molecule has 0 spiro atoms. The van der Waals surface area contributed by atoms with E-state index in [9.17, 15) is 24.0 Å². The number of carbonyl (C=O) groups is 4. The second-order valence-corrected chi connectivity index (χ2v) is 3.53. The summed E-state index contributed by atoms with van der Waals surface area (Å²) in [6, 6.07) is -0.868. The third-order valence-corrected chi connectivity index (χ3v) is 2.45. The van der Waals surface area contributed by atoms with Crippen molar-refractivity contribution in [2.24, 2.45) is 0 Å². The molecule has 18 heavy (non-hydrogen) atoms. The number of likely N-dealkylation sites (N-methyl/N-ethyl adjacent to an activating group) is 1. The molecule has 0 aromatic carbocycles. The van der Waals surface area contributed by atoms with Crippen molar-refractivity contribution in [1.82, 2.24) is 15.1 Å². The summed E-state index contributed by atoms with van der Waals surface area (Å²) in [4.78, 5) is 57.1. The monoisotopic (exact) mass is 254 g/mol. The smallest absolute Gasteiger partial charge is 0.324 e. The van der Waals surface area contributed by atoms with Gasteiger partial charge in [-0.1, -0.05) is 0 Å². The Morgan fingerprint density at radius 2 is 1.94 bits per heavy atom. The highest BCUT2D eigenvalue weighted by Gasteiger charge is 2.35. The maximum atomic E-state index is 11.6. The van der Waals surface area contributed by atoms with Crippen LogP contribution in [0.3, 0.4) is 0 Å². The normalized spacial score (nSPS) is 15.6. The molecule has 1 radical (unpaired) electrons. The second kappa shape index (κ2) is 5.89. The molecular formula is C10H12N3O5. The number of carbonyl (C=O) groups excluding carboxylic acids is 5. The van der Waals surface area contributed by atoms with Gasteiger partial charge in [0, 0.05) is 19.6 Å². The molecule has 0 unspecified atom stereocenters. The zero-order valence-electron chi connectivity index (χ0n) is 9.76. The summed E-state index contributed by atoms with van der Waals surface area (Å²) < 4.78 is 0. The van der Waals surface area contributed by atoms with Crippen LogP contribution in [0.1, 0.15) is 6.92 Å². The van der Waals surface area contributed by atoms with Crippen molar-refractivity contribution < 1.29 is 24.0 Å². The van der Waals surface area contributed by atoms with E-state index in [0.717, 1.165) is 6.29 Å². The van der Waals surface area contributed by atoms with Crippen LogP contribution in [0.4, 0.5) is 4.79 Å². The SMILES string of the molecule is CCN1CCN(C(=O)NCC(=O)[C]=O)C(=O)C1=O. The number of ketones is 1. The van der Waals surface area contributed by atoms with E-state index >= 15 is 0 Å². The molecule has 1 rings (SSSR count). The average Bonchev–Trinajstić information content (AvgIpc) is 2.38. The number of rotatable bonds is 4. The molecule has 1 saturated heterocycles. The molecule has 0 aromatic rings. The van der Waals surface area contributed by atoms with Crippen LogP contribution < -0.4 is 5.32 Å². The van der Waals surface area contributed by atoms with Crippen molar-refractivity contribution in [3.63, 3.8) is 0 Å². The molecule has 4 amide bonds. The second-order valence-electron chi connectivity index (χ2n) is 3.53.